The fraction of sp³-hybridized carbons (Fsp3) is 0.962. The van der Waals surface area contributed by atoms with E-state index in [1.54, 1.807) is 0 Å². The van der Waals surface area contributed by atoms with Crippen LogP contribution in [0, 0.1) is 0 Å². The van der Waals surface area contributed by atoms with Gasteiger partial charge in [-0.2, -0.15) is 0 Å². The van der Waals surface area contributed by atoms with Crippen LogP contribution < -0.4 is 0 Å². The molecule has 0 bridgehead atoms. The van der Waals surface area contributed by atoms with Gasteiger partial charge in [0.25, 0.3) is 0 Å². The monoisotopic (exact) mass is 396 g/mol. The maximum absolute atomic E-state index is 12.0. The summed E-state index contributed by atoms with van der Waals surface area (Å²) in [5.74, 6) is 0.0792. The highest BCUT2D eigenvalue weighted by atomic mass is 16.3. The van der Waals surface area contributed by atoms with Gasteiger partial charge in [-0.1, -0.05) is 136 Å². The van der Waals surface area contributed by atoms with Crippen molar-refractivity contribution in [2.75, 3.05) is 0 Å². The summed E-state index contributed by atoms with van der Waals surface area (Å²) in [5, 5.41) is 10.0. The summed E-state index contributed by atoms with van der Waals surface area (Å²) in [6.07, 6.45) is 26.4. The van der Waals surface area contributed by atoms with Crippen LogP contribution in [0.25, 0.3) is 0 Å². The van der Waals surface area contributed by atoms with Gasteiger partial charge in [-0.05, 0) is 12.8 Å². The molecule has 0 radical (unpaired) electrons. The van der Waals surface area contributed by atoms with Crippen LogP contribution in [0.1, 0.15) is 155 Å². The van der Waals surface area contributed by atoms with Crippen molar-refractivity contribution in [2.45, 2.75) is 161 Å². The van der Waals surface area contributed by atoms with Gasteiger partial charge in [0.2, 0.25) is 0 Å². The Morgan fingerprint density at radius 1 is 0.536 bits per heavy atom. The van der Waals surface area contributed by atoms with Crippen molar-refractivity contribution in [1.29, 1.82) is 0 Å². The predicted molar refractivity (Wildman–Crippen MR) is 124 cm³/mol. The molecule has 0 spiro atoms. The summed E-state index contributed by atoms with van der Waals surface area (Å²) in [5.41, 5.74) is 0. The maximum Gasteiger partial charge on any atom is 0.161 e. The van der Waals surface area contributed by atoms with Crippen molar-refractivity contribution in [3.8, 4) is 0 Å². The first-order valence-corrected chi connectivity index (χ1v) is 12.9. The zero-order valence-corrected chi connectivity index (χ0v) is 19.5. The first-order valence-electron chi connectivity index (χ1n) is 12.9. The van der Waals surface area contributed by atoms with E-state index in [1.165, 1.54) is 103 Å². The van der Waals surface area contributed by atoms with Crippen LogP contribution in [0.4, 0.5) is 0 Å². The van der Waals surface area contributed by atoms with Gasteiger partial charge >= 0.3 is 0 Å². The third kappa shape index (κ3) is 20.4. The third-order valence-corrected chi connectivity index (χ3v) is 5.98. The lowest BCUT2D eigenvalue weighted by molar-refractivity contribution is -0.127. The second kappa shape index (κ2) is 22.9. The Kier molecular flexibility index (Phi) is 22.6. The minimum atomic E-state index is -0.701. The summed E-state index contributed by atoms with van der Waals surface area (Å²) < 4.78 is 0. The molecule has 0 aromatic carbocycles. The summed E-state index contributed by atoms with van der Waals surface area (Å²) in [6.45, 7) is 4.52. The highest BCUT2D eigenvalue weighted by molar-refractivity contribution is 5.82. The molecule has 0 fully saturated rings. The van der Waals surface area contributed by atoms with Crippen molar-refractivity contribution in [1.82, 2.24) is 0 Å². The smallest absolute Gasteiger partial charge is 0.161 e. The van der Waals surface area contributed by atoms with Crippen LogP contribution >= 0.6 is 0 Å². The minimum Gasteiger partial charge on any atom is -0.385 e. The molecule has 2 nitrogen and oxygen atoms in total. The lowest BCUT2D eigenvalue weighted by Gasteiger charge is -2.09. The van der Waals surface area contributed by atoms with Crippen molar-refractivity contribution in [2.24, 2.45) is 0 Å². The van der Waals surface area contributed by atoms with Gasteiger partial charge in [0, 0.05) is 6.42 Å². The van der Waals surface area contributed by atoms with Crippen LogP contribution in [0.3, 0.4) is 0 Å². The second-order valence-electron chi connectivity index (χ2n) is 8.88. The van der Waals surface area contributed by atoms with Crippen molar-refractivity contribution in [3.05, 3.63) is 0 Å². The number of aliphatic hydroxyl groups is 1. The molecule has 0 aromatic heterocycles. The summed E-state index contributed by atoms with van der Waals surface area (Å²) >= 11 is 0. The zero-order valence-electron chi connectivity index (χ0n) is 19.5. The number of ketones is 1. The Bertz CT molecular complexity index is 314. The highest BCUT2D eigenvalue weighted by Crippen LogP contribution is 2.14. The van der Waals surface area contributed by atoms with Crippen molar-refractivity contribution >= 4 is 5.78 Å². The Hall–Kier alpha value is -0.370. The summed E-state index contributed by atoms with van der Waals surface area (Å²) in [7, 11) is 0. The molecular formula is C26H52O2. The number of rotatable bonds is 23. The molecule has 0 saturated heterocycles. The zero-order chi connectivity index (χ0) is 20.7. The van der Waals surface area contributed by atoms with Crippen LogP contribution in [-0.2, 0) is 4.79 Å². The lowest BCUT2D eigenvalue weighted by Crippen LogP contribution is -2.19. The molecule has 0 rings (SSSR count). The van der Waals surface area contributed by atoms with E-state index in [-0.39, 0.29) is 5.78 Å². The summed E-state index contributed by atoms with van der Waals surface area (Å²) in [6, 6.07) is 0. The molecule has 0 aliphatic rings. The molecule has 2 heteroatoms. The fourth-order valence-electron chi connectivity index (χ4n) is 3.94. The molecular weight excluding hydrogens is 344 g/mol. The molecule has 0 saturated carbocycles. The molecule has 0 aliphatic carbocycles. The molecule has 0 amide bonds. The Morgan fingerprint density at radius 3 is 1.25 bits per heavy atom. The Labute approximate surface area is 177 Å². The molecule has 0 aliphatic heterocycles. The van der Waals surface area contributed by atoms with Gasteiger partial charge in [0.1, 0.15) is 6.10 Å². The minimum absolute atomic E-state index is 0.0792. The number of unbranched alkanes of at least 4 members (excludes halogenated alkanes) is 18. The van der Waals surface area contributed by atoms with Crippen molar-refractivity contribution in [3.63, 3.8) is 0 Å². The average Bonchev–Trinajstić information content (AvgIpc) is 2.70. The van der Waals surface area contributed by atoms with Gasteiger partial charge < -0.3 is 5.11 Å². The van der Waals surface area contributed by atoms with E-state index in [2.05, 4.69) is 13.8 Å². The molecule has 1 atom stereocenters. The first-order chi connectivity index (χ1) is 13.7. The Balaban J connectivity index is 3.31. The Morgan fingerprint density at radius 2 is 0.857 bits per heavy atom. The van der Waals surface area contributed by atoms with E-state index >= 15 is 0 Å². The van der Waals surface area contributed by atoms with Gasteiger partial charge in [-0.25, -0.2) is 0 Å². The van der Waals surface area contributed by atoms with Gasteiger partial charge in [-0.15, -0.1) is 0 Å². The number of hydrogen-bond donors (Lipinski definition) is 1. The van der Waals surface area contributed by atoms with Crippen LogP contribution in [0.5, 0.6) is 0 Å². The predicted octanol–water partition coefficient (Wildman–Crippen LogP) is 8.54. The largest absolute Gasteiger partial charge is 0.385 e. The number of carbonyl (C=O) groups is 1. The standard InChI is InChI=1S/C26H52O2/c1-3-5-7-9-11-13-14-16-18-20-22-24-26(28)25(27)23-21-19-17-15-12-10-8-6-4-2/h25,27H,3-24H2,1-2H3. The third-order valence-electron chi connectivity index (χ3n) is 5.98. The number of Topliss-reactive ketones (excluding diaryl/α,β-unsaturated/α-hetero) is 1. The molecule has 168 valence electrons. The number of hydrogen-bond acceptors (Lipinski definition) is 2. The molecule has 0 heterocycles. The van der Waals surface area contributed by atoms with Crippen molar-refractivity contribution < 1.29 is 9.90 Å². The van der Waals surface area contributed by atoms with E-state index in [4.69, 9.17) is 0 Å². The lowest BCUT2D eigenvalue weighted by atomic mass is 10.0. The number of carbonyl (C=O) groups excluding carboxylic acids is 1. The van der Waals surface area contributed by atoms with E-state index in [1.807, 2.05) is 0 Å². The summed E-state index contributed by atoms with van der Waals surface area (Å²) in [4.78, 5) is 12.0. The average molecular weight is 397 g/mol. The van der Waals surface area contributed by atoms with Gasteiger partial charge in [-0.3, -0.25) is 4.79 Å². The van der Waals surface area contributed by atoms with Gasteiger partial charge in [0.05, 0.1) is 0 Å². The topological polar surface area (TPSA) is 37.3 Å². The molecule has 1 N–H and O–H groups in total. The highest BCUT2D eigenvalue weighted by Gasteiger charge is 2.13. The SMILES string of the molecule is CCCCCCCCCCCCCC(=O)C(O)CCCCCCCCCCC. The number of aliphatic hydroxyl groups excluding tert-OH is 1. The van der Waals surface area contributed by atoms with E-state index in [0.29, 0.717) is 12.8 Å². The van der Waals surface area contributed by atoms with E-state index in [0.717, 1.165) is 25.7 Å². The van der Waals surface area contributed by atoms with E-state index < -0.39 is 6.10 Å². The quantitative estimate of drug-likeness (QED) is 0.176. The second-order valence-corrected chi connectivity index (χ2v) is 8.88. The molecule has 28 heavy (non-hydrogen) atoms. The maximum atomic E-state index is 12.0. The first kappa shape index (κ1) is 27.6. The normalized spacial score (nSPS) is 12.4. The van der Waals surface area contributed by atoms with E-state index in [9.17, 15) is 9.90 Å². The van der Waals surface area contributed by atoms with Gasteiger partial charge in [0.15, 0.2) is 5.78 Å². The fourth-order valence-corrected chi connectivity index (χ4v) is 3.94. The van der Waals surface area contributed by atoms with Crippen LogP contribution in [0.2, 0.25) is 0 Å². The van der Waals surface area contributed by atoms with Crippen LogP contribution in [0.15, 0.2) is 0 Å². The molecule has 0 aromatic rings. The molecule has 1 unspecified atom stereocenters. The van der Waals surface area contributed by atoms with Crippen LogP contribution in [-0.4, -0.2) is 17.0 Å².